The quantitative estimate of drug-likeness (QED) is 0.469. The van der Waals surface area contributed by atoms with Crippen LogP contribution in [0.1, 0.15) is 71.1 Å². The van der Waals surface area contributed by atoms with Crippen LogP contribution in [-0.4, -0.2) is 22.8 Å². The van der Waals surface area contributed by atoms with Gasteiger partial charge in [-0.15, -0.1) is 6.58 Å². The maximum Gasteiger partial charge on any atom is 0.229 e. The molecule has 1 heterocycles. The van der Waals surface area contributed by atoms with E-state index in [0.717, 1.165) is 38.5 Å². The second-order valence-electron chi connectivity index (χ2n) is 5.38. The predicted molar refractivity (Wildman–Crippen MR) is 77.7 cm³/mol. The number of hydrogen-bond donors (Lipinski definition) is 0. The van der Waals surface area contributed by atoms with Gasteiger partial charge in [0.15, 0.2) is 0 Å². The van der Waals surface area contributed by atoms with E-state index in [1.165, 1.54) is 12.8 Å². The van der Waals surface area contributed by atoms with Crippen molar-refractivity contribution < 1.29 is 9.59 Å². The predicted octanol–water partition coefficient (Wildman–Crippen LogP) is 3.83. The second-order valence-corrected chi connectivity index (χ2v) is 5.38. The molecule has 0 N–H and O–H groups in total. The van der Waals surface area contributed by atoms with Gasteiger partial charge in [0, 0.05) is 18.9 Å². The van der Waals surface area contributed by atoms with E-state index in [2.05, 4.69) is 13.5 Å². The van der Waals surface area contributed by atoms with Crippen LogP contribution < -0.4 is 0 Å². The van der Waals surface area contributed by atoms with Crippen LogP contribution in [0.2, 0.25) is 0 Å². The molecule has 0 spiro atoms. The molecule has 1 unspecified atom stereocenters. The molecule has 1 aliphatic heterocycles. The molecule has 1 aliphatic rings. The first-order valence-corrected chi connectivity index (χ1v) is 7.66. The number of amides is 2. The van der Waals surface area contributed by atoms with Gasteiger partial charge in [0.25, 0.3) is 0 Å². The van der Waals surface area contributed by atoms with Gasteiger partial charge in [0.05, 0.1) is 0 Å². The average Bonchev–Trinajstić information content (AvgIpc) is 2.76. The van der Waals surface area contributed by atoms with Crippen molar-refractivity contribution in [3.63, 3.8) is 0 Å². The van der Waals surface area contributed by atoms with Crippen molar-refractivity contribution in [2.75, 3.05) is 0 Å². The molecular weight excluding hydrogens is 238 g/mol. The fourth-order valence-corrected chi connectivity index (χ4v) is 2.67. The van der Waals surface area contributed by atoms with Gasteiger partial charge in [-0.25, -0.2) is 0 Å². The Bertz CT molecular complexity index is 312. The lowest BCUT2D eigenvalue weighted by Gasteiger charge is -2.23. The molecule has 108 valence electrons. The van der Waals surface area contributed by atoms with Crippen LogP contribution in [0.15, 0.2) is 12.7 Å². The summed E-state index contributed by atoms with van der Waals surface area (Å²) in [5, 5.41) is 0. The Morgan fingerprint density at radius 1 is 1.37 bits per heavy atom. The molecule has 2 amide bonds. The van der Waals surface area contributed by atoms with Crippen LogP contribution in [-0.2, 0) is 9.59 Å². The third kappa shape index (κ3) is 5.17. The molecule has 3 heteroatoms. The first-order valence-electron chi connectivity index (χ1n) is 7.66. The van der Waals surface area contributed by atoms with Crippen LogP contribution in [0.4, 0.5) is 0 Å². The number of likely N-dealkylation sites (tertiary alicyclic amines) is 1. The fourth-order valence-electron chi connectivity index (χ4n) is 2.67. The Hall–Kier alpha value is -1.12. The summed E-state index contributed by atoms with van der Waals surface area (Å²) in [6.07, 6.45) is 11.0. The van der Waals surface area contributed by atoms with Crippen molar-refractivity contribution in [1.82, 2.24) is 4.90 Å². The lowest BCUT2D eigenvalue weighted by Crippen LogP contribution is -2.38. The van der Waals surface area contributed by atoms with Gasteiger partial charge in [-0.3, -0.25) is 14.5 Å². The third-order valence-electron chi connectivity index (χ3n) is 3.78. The summed E-state index contributed by atoms with van der Waals surface area (Å²) in [5.74, 6) is 0.0725. The first kappa shape index (κ1) is 15.9. The Morgan fingerprint density at radius 2 is 2.16 bits per heavy atom. The van der Waals surface area contributed by atoms with Crippen molar-refractivity contribution in [1.29, 1.82) is 0 Å². The van der Waals surface area contributed by atoms with Crippen molar-refractivity contribution in [3.05, 3.63) is 12.7 Å². The highest BCUT2D eigenvalue weighted by atomic mass is 16.2. The van der Waals surface area contributed by atoms with E-state index in [1.54, 1.807) is 4.90 Å². The van der Waals surface area contributed by atoms with Crippen LogP contribution in [0.25, 0.3) is 0 Å². The first-order chi connectivity index (χ1) is 9.20. The van der Waals surface area contributed by atoms with Crippen molar-refractivity contribution >= 4 is 11.8 Å². The zero-order valence-corrected chi connectivity index (χ0v) is 12.2. The largest absolute Gasteiger partial charge is 0.280 e. The minimum absolute atomic E-state index is 0.0352. The second kappa shape index (κ2) is 8.89. The van der Waals surface area contributed by atoms with Gasteiger partial charge in [0.2, 0.25) is 11.8 Å². The summed E-state index contributed by atoms with van der Waals surface area (Å²) >= 11 is 0. The van der Waals surface area contributed by atoms with E-state index in [-0.39, 0.29) is 17.9 Å². The highest BCUT2D eigenvalue weighted by Crippen LogP contribution is 2.24. The number of allylic oxidation sites excluding steroid dienone is 1. The molecule has 0 aromatic carbocycles. The van der Waals surface area contributed by atoms with E-state index >= 15 is 0 Å². The fraction of sp³-hybridized carbons (Fsp3) is 0.750. The number of nitrogens with zero attached hydrogens (tertiary/aromatic N) is 1. The van der Waals surface area contributed by atoms with Gasteiger partial charge in [-0.1, -0.05) is 32.3 Å². The number of carbonyl (C=O) groups excluding carboxylic acids is 2. The SMILES string of the molecule is C=CCCCCC(=O)N1C(=O)CCC1CCCCC. The topological polar surface area (TPSA) is 37.4 Å². The number of hydrogen-bond acceptors (Lipinski definition) is 2. The average molecular weight is 265 g/mol. The summed E-state index contributed by atoms with van der Waals surface area (Å²) in [7, 11) is 0. The molecule has 1 atom stereocenters. The lowest BCUT2D eigenvalue weighted by atomic mass is 10.1. The Labute approximate surface area is 117 Å². The summed E-state index contributed by atoms with van der Waals surface area (Å²) in [6.45, 7) is 5.84. The van der Waals surface area contributed by atoms with E-state index in [1.807, 2.05) is 6.08 Å². The molecule has 19 heavy (non-hydrogen) atoms. The molecule has 1 fully saturated rings. The highest BCUT2D eigenvalue weighted by Gasteiger charge is 2.34. The maximum atomic E-state index is 12.1. The molecule has 0 radical (unpaired) electrons. The normalized spacial score (nSPS) is 18.9. The summed E-state index contributed by atoms with van der Waals surface area (Å²) < 4.78 is 0. The van der Waals surface area contributed by atoms with Crippen molar-refractivity contribution in [3.8, 4) is 0 Å². The zero-order chi connectivity index (χ0) is 14.1. The molecule has 0 saturated carbocycles. The molecule has 0 aromatic heterocycles. The van der Waals surface area contributed by atoms with E-state index < -0.39 is 0 Å². The van der Waals surface area contributed by atoms with E-state index in [0.29, 0.717) is 12.8 Å². The smallest absolute Gasteiger partial charge is 0.229 e. The standard InChI is InChI=1S/C16H27NO2/c1-3-5-7-9-11-15(18)17-14(10-8-6-4-2)12-13-16(17)19/h3,14H,1,4-13H2,2H3. The minimum Gasteiger partial charge on any atom is -0.280 e. The molecule has 1 saturated heterocycles. The van der Waals surface area contributed by atoms with Crippen LogP contribution in [0, 0.1) is 0 Å². The number of rotatable bonds is 9. The molecule has 0 aromatic rings. The summed E-state index contributed by atoms with van der Waals surface area (Å²) in [6, 6.07) is 0.172. The van der Waals surface area contributed by atoms with Crippen molar-refractivity contribution in [2.45, 2.75) is 77.2 Å². The minimum atomic E-state index is 0.0352. The van der Waals surface area contributed by atoms with Gasteiger partial charge in [0.1, 0.15) is 0 Å². The molecule has 1 rings (SSSR count). The van der Waals surface area contributed by atoms with Gasteiger partial charge < -0.3 is 0 Å². The monoisotopic (exact) mass is 265 g/mol. The summed E-state index contributed by atoms with van der Waals surface area (Å²) in [5.41, 5.74) is 0. The van der Waals surface area contributed by atoms with E-state index in [9.17, 15) is 9.59 Å². The highest BCUT2D eigenvalue weighted by molar-refractivity contribution is 5.97. The van der Waals surface area contributed by atoms with Crippen LogP contribution in [0.3, 0.4) is 0 Å². The zero-order valence-electron chi connectivity index (χ0n) is 12.2. The number of unbranched alkanes of at least 4 members (excludes halogenated alkanes) is 4. The number of imide groups is 1. The van der Waals surface area contributed by atoms with Crippen molar-refractivity contribution in [2.24, 2.45) is 0 Å². The third-order valence-corrected chi connectivity index (χ3v) is 3.78. The molecule has 0 aliphatic carbocycles. The Kier molecular flexibility index (Phi) is 7.46. The van der Waals surface area contributed by atoms with E-state index in [4.69, 9.17) is 0 Å². The van der Waals surface area contributed by atoms with Gasteiger partial charge in [-0.05, 0) is 32.1 Å². The Balaban J connectivity index is 2.39. The van der Waals surface area contributed by atoms with Gasteiger partial charge in [-0.2, -0.15) is 0 Å². The Morgan fingerprint density at radius 3 is 2.84 bits per heavy atom. The van der Waals surface area contributed by atoms with Crippen LogP contribution >= 0.6 is 0 Å². The lowest BCUT2D eigenvalue weighted by molar-refractivity contribution is -0.144. The molecule has 3 nitrogen and oxygen atoms in total. The molecular formula is C16H27NO2. The van der Waals surface area contributed by atoms with Crippen LogP contribution in [0.5, 0.6) is 0 Å². The van der Waals surface area contributed by atoms with Gasteiger partial charge >= 0.3 is 0 Å². The maximum absolute atomic E-state index is 12.1. The molecule has 0 bridgehead atoms. The summed E-state index contributed by atoms with van der Waals surface area (Å²) in [4.78, 5) is 25.5. The number of carbonyl (C=O) groups is 2.